The molecule has 0 bridgehead atoms. The first-order valence-electron chi connectivity index (χ1n) is 21.5. The SMILES string of the molecule is [2H]c1c([2H])c([2H])c2c([2H])c(-c3ccc(-c4c5ccccc5c(-c5ccccc5C5CCCCC5)c5c([2H])c([2H])c([2H])c([2H])c45)c4ccccc34)c([2H])c([2H])c2c1[2H]. The molecule has 46 heavy (non-hydrogen) atoms. The number of benzene rings is 8. The summed E-state index contributed by atoms with van der Waals surface area (Å²) in [6.07, 6.45) is 5.60. The van der Waals surface area contributed by atoms with Crippen LogP contribution in [0, 0.1) is 0 Å². The summed E-state index contributed by atoms with van der Waals surface area (Å²) in [6, 6.07) is 23.3. The Morgan fingerprint density at radius 2 is 1.00 bits per heavy atom. The Balaban J connectivity index is 1.41. The van der Waals surface area contributed by atoms with Crippen molar-refractivity contribution in [2.75, 3.05) is 0 Å². The van der Waals surface area contributed by atoms with Gasteiger partial charge in [0, 0.05) is 0 Å². The highest BCUT2D eigenvalue weighted by Crippen LogP contribution is 2.48. The van der Waals surface area contributed by atoms with Gasteiger partial charge in [0.15, 0.2) is 0 Å². The van der Waals surface area contributed by atoms with Crippen molar-refractivity contribution in [2.24, 2.45) is 0 Å². The quantitative estimate of drug-likeness (QED) is 0.177. The monoisotopic (exact) mass is 599 g/mol. The third-order valence-corrected chi connectivity index (χ3v) is 9.64. The third-order valence-electron chi connectivity index (χ3n) is 9.64. The summed E-state index contributed by atoms with van der Waals surface area (Å²) in [6.45, 7) is 0. The Kier molecular flexibility index (Phi) is 4.44. The molecule has 1 aliphatic carbocycles. The van der Waals surface area contributed by atoms with E-state index in [1.807, 2.05) is 66.7 Å². The van der Waals surface area contributed by atoms with Gasteiger partial charge in [0.25, 0.3) is 0 Å². The zero-order valence-electron chi connectivity index (χ0n) is 36.2. The first-order chi connectivity index (χ1) is 27.4. The highest BCUT2D eigenvalue weighted by atomic mass is 14.3. The normalized spacial score (nSPS) is 17.3. The van der Waals surface area contributed by atoms with Crippen LogP contribution in [0.1, 0.15) is 58.7 Å². The molecule has 0 heteroatoms. The van der Waals surface area contributed by atoms with Crippen molar-refractivity contribution in [1.82, 2.24) is 0 Å². The van der Waals surface area contributed by atoms with E-state index in [2.05, 4.69) is 12.1 Å². The van der Waals surface area contributed by atoms with Gasteiger partial charge in [0.2, 0.25) is 0 Å². The summed E-state index contributed by atoms with van der Waals surface area (Å²) in [5, 5.41) is 3.50. The zero-order valence-corrected chi connectivity index (χ0v) is 25.2. The largest absolute Gasteiger partial charge is 0.0636 e. The van der Waals surface area contributed by atoms with Gasteiger partial charge in [0.1, 0.15) is 0 Å². The Labute approximate surface area is 286 Å². The van der Waals surface area contributed by atoms with Crippen LogP contribution in [0.2, 0.25) is 0 Å². The third kappa shape index (κ3) is 4.44. The van der Waals surface area contributed by atoms with Crippen LogP contribution in [0.5, 0.6) is 0 Å². The minimum atomic E-state index is -0.525. The molecule has 8 aromatic rings. The maximum absolute atomic E-state index is 9.49. The molecule has 0 nitrogen and oxygen atoms in total. The van der Waals surface area contributed by atoms with Gasteiger partial charge in [-0.3, -0.25) is 0 Å². The van der Waals surface area contributed by atoms with Crippen LogP contribution in [-0.4, -0.2) is 0 Å². The van der Waals surface area contributed by atoms with Gasteiger partial charge in [-0.2, -0.15) is 0 Å². The predicted molar refractivity (Wildman–Crippen MR) is 199 cm³/mol. The summed E-state index contributed by atoms with van der Waals surface area (Å²) < 4.78 is 97.7. The fourth-order valence-corrected chi connectivity index (χ4v) is 7.58. The van der Waals surface area contributed by atoms with E-state index in [4.69, 9.17) is 11.0 Å². The molecule has 0 unspecified atom stereocenters. The predicted octanol–water partition coefficient (Wildman–Crippen LogP) is 13.3. The average Bonchev–Trinajstić information content (AvgIpc) is 3.24. The molecule has 8 aromatic carbocycles. The molecular weight excluding hydrogens is 553 g/mol. The molecule has 1 saturated carbocycles. The molecule has 9 rings (SSSR count). The van der Waals surface area contributed by atoms with Crippen LogP contribution in [-0.2, 0) is 0 Å². The fraction of sp³-hybridized carbons (Fsp3) is 0.130. The second-order valence-electron chi connectivity index (χ2n) is 12.2. The summed E-state index contributed by atoms with van der Waals surface area (Å²) in [4.78, 5) is 0. The van der Waals surface area contributed by atoms with Gasteiger partial charge in [-0.25, -0.2) is 0 Å². The minimum absolute atomic E-state index is 0.0616. The van der Waals surface area contributed by atoms with Gasteiger partial charge >= 0.3 is 0 Å². The first-order valence-corrected chi connectivity index (χ1v) is 16.0. The standard InChI is InChI=1S/C46H36/c1-2-15-32(16-3-1)35-18-6-9-21-39(35)45-40-22-10-12-24-42(40)46(43-25-13-11-23-41(43)45)44-29-28-36(37-19-7-8-20-38(37)44)34-27-26-31-14-4-5-17-33(31)30-34/h4-14,17-30,32H,1-3,15-16H2/i4D,5D,10D,12D,14D,17D,22D,24D,26D,27D,30D. The number of fused-ring (bicyclic) bond motifs is 4. The van der Waals surface area contributed by atoms with E-state index in [-0.39, 0.29) is 52.6 Å². The zero-order chi connectivity index (χ0) is 40.0. The van der Waals surface area contributed by atoms with Gasteiger partial charge in [-0.05, 0) is 107 Å². The fourth-order valence-electron chi connectivity index (χ4n) is 7.58. The number of hydrogen-bond donors (Lipinski definition) is 0. The molecule has 0 N–H and O–H groups in total. The molecule has 1 aliphatic rings. The van der Waals surface area contributed by atoms with Crippen molar-refractivity contribution < 1.29 is 15.1 Å². The van der Waals surface area contributed by atoms with Crippen LogP contribution in [0.4, 0.5) is 0 Å². The number of rotatable bonds is 4. The Morgan fingerprint density at radius 1 is 0.435 bits per heavy atom. The summed E-state index contributed by atoms with van der Waals surface area (Å²) >= 11 is 0. The molecule has 0 aromatic heterocycles. The van der Waals surface area contributed by atoms with Crippen LogP contribution in [0.3, 0.4) is 0 Å². The highest BCUT2D eigenvalue weighted by Gasteiger charge is 2.23. The average molecular weight is 600 g/mol. The van der Waals surface area contributed by atoms with Crippen LogP contribution in [0.25, 0.3) is 76.5 Å². The molecular formula is C46H36. The van der Waals surface area contributed by atoms with Crippen molar-refractivity contribution >= 4 is 43.1 Å². The highest BCUT2D eigenvalue weighted by molar-refractivity contribution is 6.24. The van der Waals surface area contributed by atoms with Crippen molar-refractivity contribution in [2.45, 2.75) is 38.0 Å². The molecule has 0 amide bonds. The molecule has 0 spiro atoms. The summed E-state index contributed by atoms with van der Waals surface area (Å²) in [7, 11) is 0. The van der Waals surface area contributed by atoms with Gasteiger partial charge in [-0.15, -0.1) is 0 Å². The van der Waals surface area contributed by atoms with E-state index in [9.17, 15) is 4.11 Å². The molecule has 0 heterocycles. The molecule has 0 radical (unpaired) electrons. The Hall–Kier alpha value is -5.20. The van der Waals surface area contributed by atoms with Crippen molar-refractivity contribution in [3.05, 3.63) is 157 Å². The van der Waals surface area contributed by atoms with E-state index < -0.39 is 30.2 Å². The van der Waals surface area contributed by atoms with Crippen molar-refractivity contribution in [3.63, 3.8) is 0 Å². The lowest BCUT2D eigenvalue weighted by Crippen LogP contribution is -2.06. The topological polar surface area (TPSA) is 0 Å². The summed E-state index contributed by atoms with van der Waals surface area (Å²) in [5.74, 6) is 0.333. The van der Waals surface area contributed by atoms with Crippen LogP contribution < -0.4 is 0 Å². The molecule has 220 valence electrons. The lowest BCUT2D eigenvalue weighted by molar-refractivity contribution is 0.444. The lowest BCUT2D eigenvalue weighted by atomic mass is 9.78. The van der Waals surface area contributed by atoms with Crippen molar-refractivity contribution in [1.29, 1.82) is 0 Å². The maximum Gasteiger partial charge on any atom is 0.0636 e. The molecule has 0 atom stereocenters. The number of hydrogen-bond acceptors (Lipinski definition) is 0. The van der Waals surface area contributed by atoms with E-state index >= 15 is 0 Å². The van der Waals surface area contributed by atoms with E-state index in [1.54, 1.807) is 6.07 Å². The maximum atomic E-state index is 9.49. The smallest absolute Gasteiger partial charge is 0.0619 e. The first kappa shape index (κ1) is 18.1. The van der Waals surface area contributed by atoms with E-state index in [0.717, 1.165) is 47.6 Å². The van der Waals surface area contributed by atoms with Crippen LogP contribution in [0.15, 0.2) is 151 Å². The van der Waals surface area contributed by atoms with Gasteiger partial charge < -0.3 is 0 Å². The van der Waals surface area contributed by atoms with Gasteiger partial charge in [-0.1, -0.05) is 165 Å². The Bertz CT molecular complexity index is 3020. The second kappa shape index (κ2) is 11.3. The molecule has 1 fully saturated rings. The minimum Gasteiger partial charge on any atom is -0.0619 e. The van der Waals surface area contributed by atoms with Gasteiger partial charge in [0.05, 0.1) is 15.1 Å². The van der Waals surface area contributed by atoms with Crippen LogP contribution >= 0.6 is 0 Å². The van der Waals surface area contributed by atoms with Crippen molar-refractivity contribution in [3.8, 4) is 33.4 Å². The molecule has 0 aliphatic heterocycles. The summed E-state index contributed by atoms with van der Waals surface area (Å²) in [5.41, 5.74) is 4.73. The lowest BCUT2D eigenvalue weighted by Gasteiger charge is -2.26. The van der Waals surface area contributed by atoms with E-state index in [1.165, 1.54) is 12.0 Å². The molecule has 0 saturated heterocycles. The van der Waals surface area contributed by atoms with E-state index in [0.29, 0.717) is 44.2 Å². The second-order valence-corrected chi connectivity index (χ2v) is 12.2. The Morgan fingerprint density at radius 3 is 1.74 bits per heavy atom.